The van der Waals surface area contributed by atoms with Crippen molar-refractivity contribution >= 4 is 49.7 Å². The summed E-state index contributed by atoms with van der Waals surface area (Å²) in [5.41, 5.74) is 0.510. The number of hydrogen-bond acceptors (Lipinski definition) is 8. The number of thiophene rings is 1. The van der Waals surface area contributed by atoms with Gasteiger partial charge in [-0.2, -0.15) is 4.31 Å². The van der Waals surface area contributed by atoms with E-state index in [0.717, 1.165) is 11.3 Å². The zero-order valence-electron chi connectivity index (χ0n) is 15.5. The van der Waals surface area contributed by atoms with Gasteiger partial charge in [0.1, 0.15) is 9.09 Å². The van der Waals surface area contributed by atoms with Crippen molar-refractivity contribution in [2.24, 2.45) is 5.92 Å². The van der Waals surface area contributed by atoms with Crippen molar-refractivity contribution in [3.8, 4) is 0 Å². The molecule has 0 aromatic carbocycles. The van der Waals surface area contributed by atoms with Crippen LogP contribution in [0.15, 0.2) is 21.7 Å². The van der Waals surface area contributed by atoms with E-state index in [-0.39, 0.29) is 18.4 Å². The van der Waals surface area contributed by atoms with Gasteiger partial charge in [0.05, 0.1) is 12.3 Å². The van der Waals surface area contributed by atoms with Crippen molar-refractivity contribution in [2.75, 3.05) is 25.0 Å². The Bertz CT molecular complexity index is 945. The quantitative estimate of drug-likeness (QED) is 0.688. The molecule has 28 heavy (non-hydrogen) atoms. The Morgan fingerprint density at radius 2 is 2.07 bits per heavy atom. The van der Waals surface area contributed by atoms with Crippen molar-refractivity contribution < 1.29 is 22.7 Å². The number of nitrogens with one attached hydrogen (secondary N) is 1. The van der Waals surface area contributed by atoms with Crippen LogP contribution >= 0.6 is 22.7 Å². The number of esters is 1. The predicted molar refractivity (Wildman–Crippen MR) is 107 cm³/mol. The highest BCUT2D eigenvalue weighted by molar-refractivity contribution is 7.91. The first-order valence-corrected chi connectivity index (χ1v) is 12.0. The maximum atomic E-state index is 12.6. The molecule has 2 aromatic heterocycles. The third-order valence-electron chi connectivity index (χ3n) is 4.40. The molecule has 3 heterocycles. The second-order valence-corrected chi connectivity index (χ2v) is 10.4. The molecule has 1 aliphatic heterocycles. The van der Waals surface area contributed by atoms with Crippen LogP contribution in [0.1, 0.15) is 35.1 Å². The second-order valence-electron chi connectivity index (χ2n) is 6.25. The van der Waals surface area contributed by atoms with Gasteiger partial charge >= 0.3 is 5.97 Å². The Hall–Kier alpha value is -1.82. The summed E-state index contributed by atoms with van der Waals surface area (Å²) in [6.07, 6.45) is 0.872. The lowest BCUT2D eigenvalue weighted by molar-refractivity contribution is -0.120. The number of piperidine rings is 1. The molecule has 1 fully saturated rings. The smallest absolute Gasteiger partial charge is 0.350 e. The summed E-state index contributed by atoms with van der Waals surface area (Å²) in [4.78, 5) is 29.0. The van der Waals surface area contributed by atoms with E-state index in [1.165, 1.54) is 15.6 Å². The van der Waals surface area contributed by atoms with Gasteiger partial charge in [0, 0.05) is 19.0 Å². The van der Waals surface area contributed by atoms with E-state index in [1.807, 2.05) is 0 Å². The number of sulfonamides is 1. The van der Waals surface area contributed by atoms with Gasteiger partial charge in [-0.3, -0.25) is 4.79 Å². The Balaban J connectivity index is 1.59. The van der Waals surface area contributed by atoms with Gasteiger partial charge < -0.3 is 10.1 Å². The maximum absolute atomic E-state index is 12.6. The molecule has 0 aliphatic carbocycles. The number of carbonyl (C=O) groups excluding carboxylic acids is 2. The lowest BCUT2D eigenvalue weighted by atomic mass is 9.97. The van der Waals surface area contributed by atoms with E-state index in [4.69, 9.17) is 4.74 Å². The molecular weight excluding hydrogens is 422 g/mol. The van der Waals surface area contributed by atoms with Gasteiger partial charge in [-0.25, -0.2) is 18.2 Å². The second kappa shape index (κ2) is 8.68. The van der Waals surface area contributed by atoms with E-state index >= 15 is 0 Å². The molecule has 2 aromatic rings. The lowest BCUT2D eigenvalue weighted by Gasteiger charge is -2.29. The first kappa shape index (κ1) is 20.9. The number of hydrogen-bond donors (Lipinski definition) is 1. The molecule has 1 saturated heterocycles. The number of ether oxygens (including phenoxy) is 1. The van der Waals surface area contributed by atoms with Crippen LogP contribution in [0.3, 0.4) is 0 Å². The molecule has 0 radical (unpaired) electrons. The number of carbonyl (C=O) groups is 2. The molecule has 11 heteroatoms. The molecule has 1 amide bonds. The van der Waals surface area contributed by atoms with Crippen LogP contribution < -0.4 is 5.32 Å². The van der Waals surface area contributed by atoms with Gasteiger partial charge in [-0.05, 0) is 38.1 Å². The van der Waals surface area contributed by atoms with Crippen LogP contribution in [0, 0.1) is 12.8 Å². The fraction of sp³-hybridized carbons (Fsp3) is 0.471. The SMILES string of the molecule is CCOC(=O)c1sc(NC(=O)C2CCN(S(=O)(=O)c3cccs3)CC2)nc1C. The van der Waals surface area contributed by atoms with Crippen molar-refractivity contribution in [3.05, 3.63) is 28.1 Å². The maximum Gasteiger partial charge on any atom is 0.350 e. The van der Waals surface area contributed by atoms with Gasteiger partial charge in [0.2, 0.25) is 5.91 Å². The van der Waals surface area contributed by atoms with Crippen molar-refractivity contribution in [1.29, 1.82) is 0 Å². The number of nitrogens with zero attached hydrogens (tertiary/aromatic N) is 2. The first-order chi connectivity index (χ1) is 13.3. The van der Waals surface area contributed by atoms with E-state index < -0.39 is 16.0 Å². The highest BCUT2D eigenvalue weighted by Crippen LogP contribution is 2.28. The van der Waals surface area contributed by atoms with E-state index in [9.17, 15) is 18.0 Å². The van der Waals surface area contributed by atoms with Gasteiger partial charge in [-0.15, -0.1) is 11.3 Å². The molecule has 0 spiro atoms. The van der Waals surface area contributed by atoms with Crippen LogP contribution in [-0.4, -0.2) is 49.3 Å². The largest absolute Gasteiger partial charge is 0.462 e. The number of aryl methyl sites for hydroxylation is 1. The first-order valence-electron chi connectivity index (χ1n) is 8.82. The van der Waals surface area contributed by atoms with Crippen molar-refractivity contribution in [1.82, 2.24) is 9.29 Å². The number of aromatic nitrogens is 1. The fourth-order valence-electron chi connectivity index (χ4n) is 2.94. The minimum Gasteiger partial charge on any atom is -0.462 e. The minimum absolute atomic E-state index is 0.211. The fourth-order valence-corrected chi connectivity index (χ4v) is 6.42. The summed E-state index contributed by atoms with van der Waals surface area (Å²) in [5, 5.41) is 4.82. The molecule has 0 atom stereocenters. The Kier molecular flexibility index (Phi) is 6.48. The number of thiazole rings is 1. The topological polar surface area (TPSA) is 106 Å². The average molecular weight is 444 g/mol. The lowest BCUT2D eigenvalue weighted by Crippen LogP contribution is -2.41. The summed E-state index contributed by atoms with van der Waals surface area (Å²) in [6, 6.07) is 3.29. The van der Waals surface area contributed by atoms with E-state index in [0.29, 0.717) is 45.8 Å². The van der Waals surface area contributed by atoms with Crippen LogP contribution in [0.5, 0.6) is 0 Å². The highest BCUT2D eigenvalue weighted by Gasteiger charge is 2.33. The number of anilines is 1. The Morgan fingerprint density at radius 3 is 2.68 bits per heavy atom. The number of amides is 1. The molecule has 1 N–H and O–H groups in total. The van der Waals surface area contributed by atoms with Crippen LogP contribution in [0.25, 0.3) is 0 Å². The monoisotopic (exact) mass is 443 g/mol. The third-order valence-corrected chi connectivity index (χ3v) is 8.73. The standard InChI is InChI=1S/C17H21N3O5S3/c1-3-25-16(22)14-11(2)18-17(27-14)19-15(21)12-6-8-20(9-7-12)28(23,24)13-5-4-10-26-13/h4-5,10,12H,3,6-9H2,1-2H3,(H,18,19,21). The summed E-state index contributed by atoms with van der Waals surface area (Å²) in [6.45, 7) is 4.27. The Morgan fingerprint density at radius 1 is 1.36 bits per heavy atom. The van der Waals surface area contributed by atoms with Gasteiger partial charge in [0.15, 0.2) is 5.13 Å². The molecule has 1 aliphatic rings. The molecule has 0 saturated carbocycles. The van der Waals surface area contributed by atoms with Gasteiger partial charge in [-0.1, -0.05) is 17.4 Å². The van der Waals surface area contributed by atoms with Crippen molar-refractivity contribution in [3.63, 3.8) is 0 Å². The average Bonchev–Trinajstić information content (AvgIpc) is 3.32. The summed E-state index contributed by atoms with van der Waals surface area (Å²) < 4.78 is 31.8. The zero-order valence-corrected chi connectivity index (χ0v) is 18.0. The predicted octanol–water partition coefficient (Wildman–Crippen LogP) is 2.73. The van der Waals surface area contributed by atoms with E-state index in [1.54, 1.807) is 31.4 Å². The normalized spacial score (nSPS) is 16.1. The number of rotatable bonds is 6. The van der Waals surface area contributed by atoms with Crippen LogP contribution in [-0.2, 0) is 19.6 Å². The Labute approximate surface area is 171 Å². The molecule has 0 bridgehead atoms. The molecule has 0 unspecified atom stereocenters. The van der Waals surface area contributed by atoms with Crippen LogP contribution in [0.4, 0.5) is 5.13 Å². The third kappa shape index (κ3) is 4.43. The molecule has 3 rings (SSSR count). The van der Waals surface area contributed by atoms with Crippen LogP contribution in [0.2, 0.25) is 0 Å². The molecule has 152 valence electrons. The summed E-state index contributed by atoms with van der Waals surface area (Å²) >= 11 is 2.27. The van der Waals surface area contributed by atoms with Gasteiger partial charge in [0.25, 0.3) is 10.0 Å². The van der Waals surface area contributed by atoms with E-state index in [2.05, 4.69) is 10.3 Å². The summed E-state index contributed by atoms with van der Waals surface area (Å²) in [5.74, 6) is -0.965. The molecular formula is C17H21N3O5S3. The summed E-state index contributed by atoms with van der Waals surface area (Å²) in [7, 11) is -3.49. The zero-order chi connectivity index (χ0) is 20.3. The highest BCUT2D eigenvalue weighted by atomic mass is 32.2. The minimum atomic E-state index is -3.49. The van der Waals surface area contributed by atoms with Crippen molar-refractivity contribution in [2.45, 2.75) is 30.9 Å². The molecule has 8 nitrogen and oxygen atoms in total.